The molecule has 0 spiro atoms. The van der Waals surface area contributed by atoms with E-state index in [1.54, 1.807) is 11.1 Å². The zero-order valence-electron chi connectivity index (χ0n) is 8.54. The average Bonchev–Trinajstić information content (AvgIpc) is 2.73. The van der Waals surface area contributed by atoms with Gasteiger partial charge in [0.05, 0.1) is 6.54 Å². The van der Waals surface area contributed by atoms with Gasteiger partial charge < -0.3 is 4.90 Å². The molecule has 1 aliphatic heterocycles. The Bertz CT molecular complexity index is 323. The Labute approximate surface area is 88.2 Å². The van der Waals surface area contributed by atoms with Crippen LogP contribution in [-0.2, 0) is 6.54 Å². The number of amides is 2. The van der Waals surface area contributed by atoms with Crippen LogP contribution < -0.4 is 5.84 Å². The topological polar surface area (TPSA) is 67.4 Å². The van der Waals surface area contributed by atoms with Crippen molar-refractivity contribution < 1.29 is 4.79 Å². The minimum atomic E-state index is -0.0894. The van der Waals surface area contributed by atoms with Crippen molar-refractivity contribution in [3.63, 3.8) is 0 Å². The summed E-state index contributed by atoms with van der Waals surface area (Å²) in [5.74, 6) is 5.54. The lowest BCUT2D eigenvalue weighted by atomic mass is 10.3. The Hall–Kier alpha value is -1.56. The van der Waals surface area contributed by atoms with Gasteiger partial charge in [0.1, 0.15) is 0 Å². The van der Waals surface area contributed by atoms with E-state index in [1.807, 2.05) is 16.9 Å². The predicted molar refractivity (Wildman–Crippen MR) is 54.7 cm³/mol. The van der Waals surface area contributed by atoms with E-state index in [4.69, 9.17) is 5.84 Å². The molecule has 1 fully saturated rings. The number of carbonyl (C=O) groups excluding carboxylic acids is 1. The van der Waals surface area contributed by atoms with Gasteiger partial charge in [-0.2, -0.15) is 5.10 Å². The van der Waals surface area contributed by atoms with Crippen molar-refractivity contribution in [2.45, 2.75) is 13.0 Å². The highest BCUT2D eigenvalue weighted by Gasteiger charge is 2.22. The molecule has 6 heteroatoms. The lowest BCUT2D eigenvalue weighted by Gasteiger charge is -2.32. The van der Waals surface area contributed by atoms with Crippen LogP contribution in [0.25, 0.3) is 0 Å². The van der Waals surface area contributed by atoms with Crippen molar-refractivity contribution in [2.75, 3.05) is 19.6 Å². The summed E-state index contributed by atoms with van der Waals surface area (Å²) in [5, 5.41) is 5.35. The number of hydrogen-bond acceptors (Lipinski definition) is 3. The van der Waals surface area contributed by atoms with Gasteiger partial charge in [-0.05, 0) is 12.5 Å². The van der Waals surface area contributed by atoms with Crippen LogP contribution in [0, 0.1) is 0 Å². The van der Waals surface area contributed by atoms with Crippen LogP contribution in [-0.4, -0.2) is 45.4 Å². The molecule has 15 heavy (non-hydrogen) atoms. The zero-order valence-corrected chi connectivity index (χ0v) is 8.54. The number of rotatable bonds is 3. The van der Waals surface area contributed by atoms with Crippen molar-refractivity contribution in [1.29, 1.82) is 0 Å². The first-order valence-corrected chi connectivity index (χ1v) is 5.06. The molecular formula is C9H15N5O. The van der Waals surface area contributed by atoms with E-state index in [1.165, 1.54) is 5.01 Å². The van der Waals surface area contributed by atoms with E-state index in [0.717, 1.165) is 13.0 Å². The fourth-order valence-electron chi connectivity index (χ4n) is 1.67. The zero-order chi connectivity index (χ0) is 10.7. The predicted octanol–water partition coefficient (Wildman–Crippen LogP) is -0.116. The highest BCUT2D eigenvalue weighted by Crippen LogP contribution is 2.05. The standard InChI is InChI=1S/C9H15N5O/c10-14-6-2-4-12(9(14)15)7-8-13-5-1-3-11-13/h1,3,5H,2,4,6-8,10H2. The van der Waals surface area contributed by atoms with Gasteiger partial charge in [-0.15, -0.1) is 0 Å². The van der Waals surface area contributed by atoms with Crippen molar-refractivity contribution in [3.05, 3.63) is 18.5 Å². The van der Waals surface area contributed by atoms with Crippen LogP contribution in [0.15, 0.2) is 18.5 Å². The summed E-state index contributed by atoms with van der Waals surface area (Å²) in [6, 6.07) is 1.78. The number of carbonyl (C=O) groups is 1. The number of urea groups is 1. The molecule has 2 heterocycles. The lowest BCUT2D eigenvalue weighted by molar-refractivity contribution is 0.128. The van der Waals surface area contributed by atoms with Crippen molar-refractivity contribution in [1.82, 2.24) is 19.7 Å². The normalized spacial score (nSPS) is 17.3. The van der Waals surface area contributed by atoms with Crippen molar-refractivity contribution in [2.24, 2.45) is 5.84 Å². The fraction of sp³-hybridized carbons (Fsp3) is 0.556. The van der Waals surface area contributed by atoms with Crippen LogP contribution in [0.3, 0.4) is 0 Å². The van der Waals surface area contributed by atoms with Gasteiger partial charge in [0.15, 0.2) is 0 Å². The van der Waals surface area contributed by atoms with E-state index >= 15 is 0 Å². The minimum Gasteiger partial charge on any atom is -0.322 e. The van der Waals surface area contributed by atoms with Gasteiger partial charge in [0.2, 0.25) is 0 Å². The van der Waals surface area contributed by atoms with Crippen LogP contribution >= 0.6 is 0 Å². The lowest BCUT2D eigenvalue weighted by Crippen LogP contribution is -2.53. The second kappa shape index (κ2) is 4.31. The highest BCUT2D eigenvalue weighted by molar-refractivity contribution is 5.74. The maximum Gasteiger partial charge on any atom is 0.334 e. The molecule has 0 aliphatic carbocycles. The third-order valence-corrected chi connectivity index (χ3v) is 2.50. The molecule has 0 bridgehead atoms. The third kappa shape index (κ3) is 2.27. The first kappa shape index (κ1) is 9.97. The van der Waals surface area contributed by atoms with Gasteiger partial charge in [0, 0.05) is 32.0 Å². The number of hydrazine groups is 1. The molecule has 2 rings (SSSR count). The number of hydrogen-bond donors (Lipinski definition) is 1. The molecule has 0 saturated carbocycles. The molecule has 1 aromatic heterocycles. The summed E-state index contributed by atoms with van der Waals surface area (Å²) in [6.07, 6.45) is 4.54. The maximum absolute atomic E-state index is 11.6. The quantitative estimate of drug-likeness (QED) is 0.557. The summed E-state index contributed by atoms with van der Waals surface area (Å²) in [6.45, 7) is 2.81. The first-order valence-electron chi connectivity index (χ1n) is 5.06. The second-order valence-corrected chi connectivity index (χ2v) is 3.59. The number of aromatic nitrogens is 2. The molecule has 82 valence electrons. The largest absolute Gasteiger partial charge is 0.334 e. The van der Waals surface area contributed by atoms with Crippen LogP contribution in [0.1, 0.15) is 6.42 Å². The Morgan fingerprint density at radius 3 is 3.00 bits per heavy atom. The Kier molecular flexibility index (Phi) is 2.86. The summed E-state index contributed by atoms with van der Waals surface area (Å²) < 4.78 is 1.81. The van der Waals surface area contributed by atoms with E-state index in [-0.39, 0.29) is 6.03 Å². The summed E-state index contributed by atoms with van der Waals surface area (Å²) in [5.41, 5.74) is 0. The van der Waals surface area contributed by atoms with Crippen LogP contribution in [0.2, 0.25) is 0 Å². The monoisotopic (exact) mass is 209 g/mol. The first-order chi connectivity index (χ1) is 7.27. The molecule has 1 aromatic rings. The summed E-state index contributed by atoms with van der Waals surface area (Å²) in [7, 11) is 0. The van der Waals surface area contributed by atoms with Crippen molar-refractivity contribution in [3.8, 4) is 0 Å². The molecule has 1 aliphatic rings. The van der Waals surface area contributed by atoms with Crippen LogP contribution in [0.4, 0.5) is 4.79 Å². The molecule has 6 nitrogen and oxygen atoms in total. The highest BCUT2D eigenvalue weighted by atomic mass is 16.2. The molecule has 0 radical (unpaired) electrons. The van der Waals surface area contributed by atoms with E-state index in [9.17, 15) is 4.79 Å². The number of nitrogens with zero attached hydrogens (tertiary/aromatic N) is 4. The SMILES string of the molecule is NN1CCCN(CCn2cccn2)C1=O. The summed E-state index contributed by atoms with van der Waals surface area (Å²) in [4.78, 5) is 13.3. The average molecular weight is 209 g/mol. The Morgan fingerprint density at radius 2 is 2.27 bits per heavy atom. The molecule has 1 saturated heterocycles. The molecule has 0 atom stereocenters. The maximum atomic E-state index is 11.6. The Balaban J connectivity index is 1.86. The van der Waals surface area contributed by atoms with Gasteiger partial charge >= 0.3 is 6.03 Å². The molecule has 2 N–H and O–H groups in total. The second-order valence-electron chi connectivity index (χ2n) is 3.59. The van der Waals surface area contributed by atoms with E-state index in [2.05, 4.69) is 5.10 Å². The smallest absolute Gasteiger partial charge is 0.322 e. The van der Waals surface area contributed by atoms with Gasteiger partial charge in [0.25, 0.3) is 0 Å². The van der Waals surface area contributed by atoms with Crippen LogP contribution in [0.5, 0.6) is 0 Å². The molecular weight excluding hydrogens is 194 g/mol. The minimum absolute atomic E-state index is 0.0894. The Morgan fingerprint density at radius 1 is 1.40 bits per heavy atom. The summed E-state index contributed by atoms with van der Waals surface area (Å²) >= 11 is 0. The third-order valence-electron chi connectivity index (χ3n) is 2.50. The molecule has 0 unspecified atom stereocenters. The molecule has 0 aromatic carbocycles. The van der Waals surface area contributed by atoms with E-state index in [0.29, 0.717) is 19.6 Å². The molecule has 2 amide bonds. The fourth-order valence-corrected chi connectivity index (χ4v) is 1.67. The number of nitrogens with two attached hydrogens (primary N) is 1. The van der Waals surface area contributed by atoms with Crippen molar-refractivity contribution >= 4 is 6.03 Å². The van der Waals surface area contributed by atoms with Gasteiger partial charge in [-0.3, -0.25) is 9.69 Å². The van der Waals surface area contributed by atoms with Gasteiger partial charge in [-0.25, -0.2) is 10.6 Å². The van der Waals surface area contributed by atoms with Gasteiger partial charge in [-0.1, -0.05) is 0 Å². The van der Waals surface area contributed by atoms with E-state index < -0.39 is 0 Å².